The van der Waals surface area contributed by atoms with Crippen molar-refractivity contribution < 1.29 is 22.8 Å². The van der Waals surface area contributed by atoms with E-state index in [2.05, 4.69) is 5.32 Å². The second kappa shape index (κ2) is 7.55. The molecule has 0 atom stereocenters. The van der Waals surface area contributed by atoms with Gasteiger partial charge in [0.1, 0.15) is 0 Å². The second-order valence-electron chi connectivity index (χ2n) is 6.37. The van der Waals surface area contributed by atoms with Crippen LogP contribution in [0, 0.1) is 0 Å². The Morgan fingerprint density at radius 3 is 2.15 bits per heavy atom. The fourth-order valence-electron chi connectivity index (χ4n) is 3.10. The van der Waals surface area contributed by atoms with E-state index in [0.717, 1.165) is 17.7 Å². The van der Waals surface area contributed by atoms with Gasteiger partial charge >= 0.3 is 0 Å². The summed E-state index contributed by atoms with van der Waals surface area (Å²) in [4.78, 5) is 36.3. The van der Waals surface area contributed by atoms with Crippen molar-refractivity contribution in [2.45, 2.75) is 37.0 Å². The molecular weight excluding hydrogens is 358 g/mol. The van der Waals surface area contributed by atoms with Gasteiger partial charge in [0.05, 0.1) is 4.90 Å². The predicted octanol–water partition coefficient (Wildman–Crippen LogP) is 0.949. The van der Waals surface area contributed by atoms with E-state index in [1.807, 2.05) is 0 Å². The van der Waals surface area contributed by atoms with Crippen molar-refractivity contribution in [1.29, 1.82) is 0 Å². The Hall–Kier alpha value is -2.26. The van der Waals surface area contributed by atoms with Crippen LogP contribution in [0.2, 0.25) is 0 Å². The van der Waals surface area contributed by atoms with Crippen LogP contribution in [0.15, 0.2) is 29.2 Å². The Morgan fingerprint density at radius 2 is 1.58 bits per heavy atom. The quantitative estimate of drug-likeness (QED) is 0.741. The van der Waals surface area contributed by atoms with Gasteiger partial charge in [-0.25, -0.2) is 8.42 Å². The Morgan fingerprint density at radius 1 is 1.00 bits per heavy atom. The molecule has 0 aliphatic carbocycles. The van der Waals surface area contributed by atoms with E-state index in [0.29, 0.717) is 18.8 Å². The number of rotatable bonds is 6. The number of sulfonamides is 1. The highest BCUT2D eigenvalue weighted by Gasteiger charge is 2.29. The third-order valence-electron chi connectivity index (χ3n) is 4.56. The van der Waals surface area contributed by atoms with Crippen molar-refractivity contribution >= 4 is 33.4 Å². The highest BCUT2D eigenvalue weighted by molar-refractivity contribution is 7.89. The standard InChI is InChI=1S/C17H21N3O5S/c21-15(9-12-20-16(22)7-8-17(20)23)18-13-3-5-14(6-4-13)26(24,25)19-10-1-2-11-19/h3-6H,1-2,7-12H2,(H,18,21). The number of carbonyl (C=O) groups excluding carboxylic acids is 3. The van der Waals surface area contributed by atoms with E-state index in [1.54, 1.807) is 0 Å². The minimum absolute atomic E-state index is 0.00527. The highest BCUT2D eigenvalue weighted by Crippen LogP contribution is 2.22. The lowest BCUT2D eigenvalue weighted by Gasteiger charge is -2.16. The van der Waals surface area contributed by atoms with Crippen molar-refractivity contribution in [3.63, 3.8) is 0 Å². The molecule has 9 heteroatoms. The van der Waals surface area contributed by atoms with Crippen LogP contribution in [0.3, 0.4) is 0 Å². The molecule has 2 fully saturated rings. The number of hydrogen-bond acceptors (Lipinski definition) is 5. The molecule has 0 aromatic heterocycles. The second-order valence-corrected chi connectivity index (χ2v) is 8.31. The maximum atomic E-state index is 12.4. The largest absolute Gasteiger partial charge is 0.326 e. The Bertz CT molecular complexity index is 797. The van der Waals surface area contributed by atoms with Crippen LogP contribution in [0.25, 0.3) is 0 Å². The number of likely N-dealkylation sites (tertiary alicyclic amines) is 1. The van der Waals surface area contributed by atoms with Crippen LogP contribution in [-0.4, -0.2) is 55.0 Å². The minimum Gasteiger partial charge on any atom is -0.326 e. The van der Waals surface area contributed by atoms with Crippen molar-refractivity contribution in [3.8, 4) is 0 Å². The molecule has 3 rings (SSSR count). The molecule has 1 aromatic rings. The molecule has 140 valence electrons. The third kappa shape index (κ3) is 3.94. The summed E-state index contributed by atoms with van der Waals surface area (Å²) in [5, 5.41) is 2.65. The molecule has 3 amide bonds. The Labute approximate surface area is 152 Å². The van der Waals surface area contributed by atoms with Gasteiger partial charge in [0.25, 0.3) is 0 Å². The maximum absolute atomic E-state index is 12.4. The summed E-state index contributed by atoms with van der Waals surface area (Å²) in [5.41, 5.74) is 0.467. The van der Waals surface area contributed by atoms with Crippen molar-refractivity contribution in [1.82, 2.24) is 9.21 Å². The summed E-state index contributed by atoms with van der Waals surface area (Å²) in [6.07, 6.45) is 2.15. The molecule has 2 saturated heterocycles. The predicted molar refractivity (Wildman–Crippen MR) is 93.6 cm³/mol. The SMILES string of the molecule is O=C(CCN1C(=O)CCC1=O)Nc1ccc(S(=O)(=O)N2CCCC2)cc1. The summed E-state index contributed by atoms with van der Waals surface area (Å²) >= 11 is 0. The van der Waals surface area contributed by atoms with Gasteiger partial charge in [-0.2, -0.15) is 4.31 Å². The summed E-state index contributed by atoms with van der Waals surface area (Å²) in [7, 11) is -3.48. The number of amides is 3. The molecule has 2 aliphatic heterocycles. The van der Waals surface area contributed by atoms with Gasteiger partial charge in [0, 0.05) is 44.6 Å². The number of imide groups is 1. The lowest BCUT2D eigenvalue weighted by atomic mass is 10.3. The van der Waals surface area contributed by atoms with Gasteiger partial charge in [-0.1, -0.05) is 0 Å². The summed E-state index contributed by atoms with van der Waals surface area (Å²) < 4.78 is 26.4. The molecule has 2 aliphatic rings. The zero-order valence-electron chi connectivity index (χ0n) is 14.3. The van der Waals surface area contributed by atoms with E-state index >= 15 is 0 Å². The van der Waals surface area contributed by atoms with Crippen LogP contribution < -0.4 is 5.32 Å². The number of benzene rings is 1. The first kappa shape index (κ1) is 18.5. The van der Waals surface area contributed by atoms with Gasteiger partial charge in [-0.05, 0) is 37.1 Å². The number of carbonyl (C=O) groups is 3. The zero-order valence-corrected chi connectivity index (χ0v) is 15.1. The smallest absolute Gasteiger partial charge is 0.243 e. The number of hydrogen-bond donors (Lipinski definition) is 1. The number of nitrogens with one attached hydrogen (secondary N) is 1. The van der Waals surface area contributed by atoms with Crippen LogP contribution in [0.4, 0.5) is 5.69 Å². The minimum atomic E-state index is -3.48. The van der Waals surface area contributed by atoms with Crippen LogP contribution in [0.5, 0.6) is 0 Å². The van der Waals surface area contributed by atoms with Crippen LogP contribution >= 0.6 is 0 Å². The maximum Gasteiger partial charge on any atom is 0.243 e. The van der Waals surface area contributed by atoms with Gasteiger partial charge in [-0.15, -0.1) is 0 Å². The fraction of sp³-hybridized carbons (Fsp3) is 0.471. The monoisotopic (exact) mass is 379 g/mol. The van der Waals surface area contributed by atoms with Crippen molar-refractivity contribution in [2.75, 3.05) is 25.0 Å². The van der Waals surface area contributed by atoms with Crippen LogP contribution in [0.1, 0.15) is 32.1 Å². The summed E-state index contributed by atoms with van der Waals surface area (Å²) in [5.74, 6) is -0.841. The molecule has 0 saturated carbocycles. The van der Waals surface area contributed by atoms with Crippen molar-refractivity contribution in [2.24, 2.45) is 0 Å². The zero-order chi connectivity index (χ0) is 18.7. The summed E-state index contributed by atoms with van der Waals surface area (Å²) in [6, 6.07) is 6.01. The van der Waals surface area contributed by atoms with Gasteiger partial charge in [0.15, 0.2) is 0 Å². The van der Waals surface area contributed by atoms with Crippen LogP contribution in [-0.2, 0) is 24.4 Å². The molecule has 0 unspecified atom stereocenters. The van der Waals surface area contributed by atoms with E-state index < -0.39 is 10.0 Å². The molecule has 8 nitrogen and oxygen atoms in total. The van der Waals surface area contributed by atoms with E-state index in [1.165, 1.54) is 28.6 Å². The lowest BCUT2D eigenvalue weighted by Crippen LogP contribution is -2.32. The van der Waals surface area contributed by atoms with E-state index in [4.69, 9.17) is 0 Å². The lowest BCUT2D eigenvalue weighted by molar-refractivity contribution is -0.138. The third-order valence-corrected chi connectivity index (χ3v) is 6.47. The van der Waals surface area contributed by atoms with Gasteiger partial charge in [-0.3, -0.25) is 19.3 Å². The van der Waals surface area contributed by atoms with E-state index in [9.17, 15) is 22.8 Å². The number of nitrogens with zero attached hydrogens (tertiary/aromatic N) is 2. The first-order chi connectivity index (χ1) is 12.4. The molecule has 0 radical (unpaired) electrons. The average molecular weight is 379 g/mol. The molecule has 2 heterocycles. The topological polar surface area (TPSA) is 104 Å². The molecule has 0 bridgehead atoms. The molecule has 26 heavy (non-hydrogen) atoms. The number of anilines is 1. The first-order valence-corrected chi connectivity index (χ1v) is 10.1. The average Bonchev–Trinajstić information content (AvgIpc) is 3.25. The summed E-state index contributed by atoms with van der Waals surface area (Å²) in [6.45, 7) is 1.13. The highest BCUT2D eigenvalue weighted by atomic mass is 32.2. The first-order valence-electron chi connectivity index (χ1n) is 8.61. The molecular formula is C17H21N3O5S. The Kier molecular flexibility index (Phi) is 5.38. The van der Waals surface area contributed by atoms with Gasteiger partial charge < -0.3 is 5.32 Å². The van der Waals surface area contributed by atoms with E-state index in [-0.39, 0.29) is 48.4 Å². The normalized spacial score (nSPS) is 18.5. The molecule has 1 aromatic carbocycles. The fourth-order valence-corrected chi connectivity index (χ4v) is 4.61. The van der Waals surface area contributed by atoms with Crippen molar-refractivity contribution in [3.05, 3.63) is 24.3 Å². The Balaban J connectivity index is 1.56. The molecule has 1 N–H and O–H groups in total. The van der Waals surface area contributed by atoms with Gasteiger partial charge in [0.2, 0.25) is 27.7 Å². The molecule has 0 spiro atoms.